The fourth-order valence-corrected chi connectivity index (χ4v) is 2.41. The van der Waals surface area contributed by atoms with E-state index in [0.29, 0.717) is 17.4 Å². The van der Waals surface area contributed by atoms with Crippen molar-refractivity contribution in [3.63, 3.8) is 0 Å². The van der Waals surface area contributed by atoms with Crippen molar-refractivity contribution in [3.8, 4) is 16.9 Å². The third-order valence-corrected chi connectivity index (χ3v) is 3.77. The summed E-state index contributed by atoms with van der Waals surface area (Å²) in [4.78, 5) is 4.27. The summed E-state index contributed by atoms with van der Waals surface area (Å²) in [5.74, 6) is 0.668. The highest BCUT2D eigenvalue weighted by Crippen LogP contribution is 2.25. The molecule has 0 saturated carbocycles. The number of hydrogen-bond acceptors (Lipinski definition) is 2. The number of ether oxygens (including phenoxy) is 1. The quantitative estimate of drug-likeness (QED) is 0.618. The largest absolute Gasteiger partial charge is 0.487 e. The Morgan fingerprint density at radius 3 is 2.41 bits per heavy atom. The van der Waals surface area contributed by atoms with Crippen LogP contribution in [0.15, 0.2) is 67.0 Å². The molecule has 110 valence electrons. The highest BCUT2D eigenvalue weighted by Gasteiger charge is 2.03. The van der Waals surface area contributed by atoms with Crippen LogP contribution in [0.3, 0.4) is 0 Å². The fraction of sp³-hybridized carbons (Fsp3) is 0.0556. The molecule has 0 saturated heterocycles. The van der Waals surface area contributed by atoms with Gasteiger partial charge in [-0.1, -0.05) is 47.5 Å². The second-order valence-corrected chi connectivity index (χ2v) is 5.65. The molecule has 0 aliphatic heterocycles. The van der Waals surface area contributed by atoms with E-state index >= 15 is 0 Å². The Morgan fingerprint density at radius 2 is 1.64 bits per heavy atom. The molecule has 1 aromatic heterocycles. The van der Waals surface area contributed by atoms with E-state index in [-0.39, 0.29) is 0 Å². The molecule has 0 amide bonds. The third-order valence-electron chi connectivity index (χ3n) is 3.20. The minimum absolute atomic E-state index is 0.415. The van der Waals surface area contributed by atoms with Gasteiger partial charge in [0.15, 0.2) is 0 Å². The highest BCUT2D eigenvalue weighted by molar-refractivity contribution is 6.32. The number of aromatic nitrogens is 1. The third kappa shape index (κ3) is 3.59. The molecule has 3 rings (SSSR count). The lowest BCUT2D eigenvalue weighted by Gasteiger charge is -2.09. The van der Waals surface area contributed by atoms with Crippen molar-refractivity contribution in [2.45, 2.75) is 6.61 Å². The van der Waals surface area contributed by atoms with Crippen molar-refractivity contribution in [1.29, 1.82) is 0 Å². The number of rotatable bonds is 4. The van der Waals surface area contributed by atoms with E-state index in [9.17, 15) is 0 Å². The van der Waals surface area contributed by atoms with E-state index in [1.807, 2.05) is 54.7 Å². The molecular weight excluding hydrogens is 317 g/mol. The monoisotopic (exact) mass is 329 g/mol. The molecule has 0 spiro atoms. The van der Waals surface area contributed by atoms with Crippen LogP contribution in [0.25, 0.3) is 11.1 Å². The van der Waals surface area contributed by atoms with Crippen molar-refractivity contribution >= 4 is 23.2 Å². The molecule has 0 atom stereocenters. The molecule has 0 radical (unpaired) electrons. The summed E-state index contributed by atoms with van der Waals surface area (Å²) >= 11 is 12.0. The maximum atomic E-state index is 6.08. The van der Waals surface area contributed by atoms with Crippen LogP contribution in [0.1, 0.15) is 5.56 Å². The lowest BCUT2D eigenvalue weighted by atomic mass is 10.1. The topological polar surface area (TPSA) is 22.1 Å². The molecule has 2 nitrogen and oxygen atoms in total. The van der Waals surface area contributed by atoms with E-state index in [4.69, 9.17) is 27.9 Å². The Kier molecular flexibility index (Phi) is 4.62. The Bertz CT molecular complexity index is 772. The Hall–Kier alpha value is -2.03. The first-order valence-electron chi connectivity index (χ1n) is 6.79. The van der Waals surface area contributed by atoms with Gasteiger partial charge in [0.1, 0.15) is 12.4 Å². The van der Waals surface area contributed by atoms with Crippen LogP contribution in [0.5, 0.6) is 5.75 Å². The molecular formula is C18H13Cl2NO. The number of benzene rings is 2. The fourth-order valence-electron chi connectivity index (χ4n) is 2.09. The zero-order chi connectivity index (χ0) is 15.4. The normalized spacial score (nSPS) is 10.5. The first kappa shape index (κ1) is 14.9. The maximum absolute atomic E-state index is 6.08. The lowest BCUT2D eigenvalue weighted by molar-refractivity contribution is 0.306. The Morgan fingerprint density at radius 1 is 0.864 bits per heavy atom. The zero-order valence-electron chi connectivity index (χ0n) is 11.7. The van der Waals surface area contributed by atoms with E-state index < -0.39 is 0 Å². The molecule has 22 heavy (non-hydrogen) atoms. The first-order valence-corrected chi connectivity index (χ1v) is 7.55. The van der Waals surface area contributed by atoms with Gasteiger partial charge in [-0.15, -0.1) is 0 Å². The maximum Gasteiger partial charge on any atom is 0.138 e. The second kappa shape index (κ2) is 6.82. The Labute approximate surface area is 139 Å². The molecule has 0 fully saturated rings. The number of nitrogens with zero attached hydrogens (tertiary/aromatic N) is 1. The standard InChI is InChI=1S/C18H13Cl2NO/c19-16-7-5-14(6-8-16)15-9-13(10-21-11-15)12-22-18-4-2-1-3-17(18)20/h1-11H,12H2. The molecule has 2 aromatic carbocycles. The summed E-state index contributed by atoms with van der Waals surface area (Å²) in [5, 5.41) is 1.32. The molecule has 0 unspecified atom stereocenters. The van der Waals surface area contributed by atoms with Crippen LogP contribution in [-0.4, -0.2) is 4.98 Å². The summed E-state index contributed by atoms with van der Waals surface area (Å²) < 4.78 is 5.74. The van der Waals surface area contributed by atoms with Crippen LogP contribution in [0, 0.1) is 0 Å². The first-order chi connectivity index (χ1) is 10.7. The van der Waals surface area contributed by atoms with Crippen LogP contribution >= 0.6 is 23.2 Å². The molecule has 0 aliphatic rings. The van der Waals surface area contributed by atoms with E-state index in [0.717, 1.165) is 21.7 Å². The van der Waals surface area contributed by atoms with Gasteiger partial charge in [-0.3, -0.25) is 4.98 Å². The van der Waals surface area contributed by atoms with Crippen molar-refractivity contribution in [3.05, 3.63) is 82.6 Å². The summed E-state index contributed by atoms with van der Waals surface area (Å²) in [5.41, 5.74) is 3.07. The van der Waals surface area contributed by atoms with E-state index in [2.05, 4.69) is 4.98 Å². The summed E-state index contributed by atoms with van der Waals surface area (Å²) in [6.07, 6.45) is 3.61. The summed E-state index contributed by atoms with van der Waals surface area (Å²) in [6.45, 7) is 0.415. The molecule has 3 aromatic rings. The van der Waals surface area contributed by atoms with Gasteiger partial charge in [-0.05, 0) is 35.9 Å². The lowest BCUT2D eigenvalue weighted by Crippen LogP contribution is -1.97. The van der Waals surface area contributed by atoms with Gasteiger partial charge in [0.05, 0.1) is 5.02 Å². The molecule has 0 bridgehead atoms. The summed E-state index contributed by atoms with van der Waals surface area (Å²) in [6, 6.07) is 17.1. The highest BCUT2D eigenvalue weighted by atomic mass is 35.5. The van der Waals surface area contributed by atoms with Gasteiger partial charge < -0.3 is 4.74 Å². The number of halogens is 2. The average Bonchev–Trinajstić information content (AvgIpc) is 2.55. The van der Waals surface area contributed by atoms with Crippen molar-refractivity contribution in [2.75, 3.05) is 0 Å². The number of para-hydroxylation sites is 1. The average molecular weight is 330 g/mol. The Balaban J connectivity index is 1.77. The number of pyridine rings is 1. The van der Waals surface area contributed by atoms with Crippen molar-refractivity contribution in [1.82, 2.24) is 4.98 Å². The van der Waals surface area contributed by atoms with Crippen molar-refractivity contribution < 1.29 is 4.74 Å². The van der Waals surface area contributed by atoms with Gasteiger partial charge >= 0.3 is 0 Å². The summed E-state index contributed by atoms with van der Waals surface area (Å²) in [7, 11) is 0. The van der Waals surface area contributed by atoms with Crippen LogP contribution in [-0.2, 0) is 6.61 Å². The predicted octanol–water partition coefficient (Wildman–Crippen LogP) is 5.63. The molecule has 1 heterocycles. The van der Waals surface area contributed by atoms with Gasteiger partial charge in [-0.2, -0.15) is 0 Å². The van der Waals surface area contributed by atoms with Crippen LogP contribution in [0.2, 0.25) is 10.0 Å². The second-order valence-electron chi connectivity index (χ2n) is 4.81. The molecule has 4 heteroatoms. The van der Waals surface area contributed by atoms with Crippen LogP contribution < -0.4 is 4.74 Å². The smallest absolute Gasteiger partial charge is 0.138 e. The number of hydrogen-bond donors (Lipinski definition) is 0. The van der Waals surface area contributed by atoms with Gasteiger partial charge in [-0.25, -0.2) is 0 Å². The predicted molar refractivity (Wildman–Crippen MR) is 90.5 cm³/mol. The van der Waals surface area contributed by atoms with Gasteiger partial charge in [0.2, 0.25) is 0 Å². The molecule has 0 N–H and O–H groups in total. The van der Waals surface area contributed by atoms with E-state index in [1.165, 1.54) is 0 Å². The van der Waals surface area contributed by atoms with Gasteiger partial charge in [0, 0.05) is 28.5 Å². The molecule has 0 aliphatic carbocycles. The SMILES string of the molecule is Clc1ccc(-c2cncc(COc3ccccc3Cl)c2)cc1. The minimum atomic E-state index is 0.415. The van der Waals surface area contributed by atoms with Gasteiger partial charge in [0.25, 0.3) is 0 Å². The van der Waals surface area contributed by atoms with Crippen molar-refractivity contribution in [2.24, 2.45) is 0 Å². The van der Waals surface area contributed by atoms with Crippen LogP contribution in [0.4, 0.5) is 0 Å². The van der Waals surface area contributed by atoms with E-state index in [1.54, 1.807) is 12.3 Å². The minimum Gasteiger partial charge on any atom is -0.487 e. The zero-order valence-corrected chi connectivity index (χ0v) is 13.2.